The Hall–Kier alpha value is -2.77. The molecule has 0 radical (unpaired) electrons. The molecule has 8 nitrogen and oxygen atoms in total. The Labute approximate surface area is 120 Å². The van der Waals surface area contributed by atoms with Gasteiger partial charge in [-0.05, 0) is 17.7 Å². The minimum atomic E-state index is -0.557. The van der Waals surface area contributed by atoms with E-state index < -0.39 is 6.04 Å². The van der Waals surface area contributed by atoms with Crippen LogP contribution in [0.4, 0.5) is 10.5 Å². The highest BCUT2D eigenvalue weighted by Gasteiger charge is 2.26. The fraction of sp³-hybridized carbons (Fsp3) is 0.308. The van der Waals surface area contributed by atoms with E-state index in [1.54, 1.807) is 12.1 Å². The number of anilines is 1. The Balaban J connectivity index is 1.60. The SMILES string of the molecule is O=C1COc2ccc(CNC(=O)C3CNC(=O)N3)cc2N1. The largest absolute Gasteiger partial charge is 0.482 e. The van der Waals surface area contributed by atoms with Gasteiger partial charge in [-0.2, -0.15) is 0 Å². The van der Waals surface area contributed by atoms with Crippen LogP contribution in [0.2, 0.25) is 0 Å². The van der Waals surface area contributed by atoms with E-state index in [-0.39, 0.29) is 31.0 Å². The maximum Gasteiger partial charge on any atom is 0.315 e. The normalized spacial score (nSPS) is 19.7. The maximum absolute atomic E-state index is 11.8. The Kier molecular flexibility index (Phi) is 3.35. The monoisotopic (exact) mass is 290 g/mol. The number of rotatable bonds is 3. The summed E-state index contributed by atoms with van der Waals surface area (Å²) in [6.45, 7) is 0.588. The van der Waals surface area contributed by atoms with Crippen molar-refractivity contribution in [2.24, 2.45) is 0 Å². The van der Waals surface area contributed by atoms with Gasteiger partial charge in [0.25, 0.3) is 5.91 Å². The molecule has 3 rings (SSSR count). The molecule has 1 unspecified atom stereocenters. The fourth-order valence-electron chi connectivity index (χ4n) is 2.17. The van der Waals surface area contributed by atoms with Crippen molar-refractivity contribution in [2.45, 2.75) is 12.6 Å². The molecular weight excluding hydrogens is 276 g/mol. The van der Waals surface area contributed by atoms with Crippen LogP contribution < -0.4 is 26.0 Å². The molecule has 2 aliphatic heterocycles. The molecule has 1 fully saturated rings. The van der Waals surface area contributed by atoms with Gasteiger partial charge in [-0.3, -0.25) is 9.59 Å². The molecule has 0 spiro atoms. The van der Waals surface area contributed by atoms with Crippen molar-refractivity contribution in [2.75, 3.05) is 18.5 Å². The molecule has 2 aliphatic rings. The van der Waals surface area contributed by atoms with Crippen LogP contribution in [0.25, 0.3) is 0 Å². The number of hydrogen-bond acceptors (Lipinski definition) is 4. The number of carbonyl (C=O) groups is 3. The quantitative estimate of drug-likeness (QED) is 0.591. The number of carbonyl (C=O) groups excluding carboxylic acids is 3. The first kappa shape index (κ1) is 13.2. The molecule has 0 aromatic heterocycles. The molecule has 8 heteroatoms. The van der Waals surface area contributed by atoms with Gasteiger partial charge in [-0.15, -0.1) is 0 Å². The average molecular weight is 290 g/mol. The van der Waals surface area contributed by atoms with Gasteiger partial charge in [0.15, 0.2) is 6.61 Å². The van der Waals surface area contributed by atoms with Crippen molar-refractivity contribution in [1.82, 2.24) is 16.0 Å². The predicted molar refractivity (Wildman–Crippen MR) is 72.7 cm³/mol. The zero-order valence-electron chi connectivity index (χ0n) is 11.1. The van der Waals surface area contributed by atoms with E-state index in [2.05, 4.69) is 21.3 Å². The molecule has 1 saturated heterocycles. The third kappa shape index (κ3) is 2.88. The molecule has 2 heterocycles. The van der Waals surface area contributed by atoms with Gasteiger partial charge in [0, 0.05) is 13.1 Å². The topological polar surface area (TPSA) is 109 Å². The second kappa shape index (κ2) is 5.31. The summed E-state index contributed by atoms with van der Waals surface area (Å²) in [6, 6.07) is 4.40. The molecule has 110 valence electrons. The number of ether oxygens (including phenoxy) is 1. The Bertz CT molecular complexity index is 616. The van der Waals surface area contributed by atoms with Crippen LogP contribution in [-0.2, 0) is 16.1 Å². The molecular formula is C13H14N4O4. The summed E-state index contributed by atoms with van der Waals surface area (Å²) in [5.74, 6) is 0.145. The first-order chi connectivity index (χ1) is 10.1. The lowest BCUT2D eigenvalue weighted by atomic mass is 10.1. The van der Waals surface area contributed by atoms with Crippen LogP contribution in [0.5, 0.6) is 5.75 Å². The number of nitrogens with one attached hydrogen (secondary N) is 4. The van der Waals surface area contributed by atoms with Crippen molar-refractivity contribution in [3.63, 3.8) is 0 Å². The molecule has 0 saturated carbocycles. The van der Waals surface area contributed by atoms with Crippen LogP contribution in [0.15, 0.2) is 18.2 Å². The number of urea groups is 1. The van der Waals surface area contributed by atoms with Crippen LogP contribution in [0.1, 0.15) is 5.56 Å². The lowest BCUT2D eigenvalue weighted by Gasteiger charge is -2.18. The summed E-state index contributed by atoms with van der Waals surface area (Å²) >= 11 is 0. The molecule has 4 N–H and O–H groups in total. The number of fused-ring (bicyclic) bond motifs is 1. The van der Waals surface area contributed by atoms with Gasteiger partial charge in [-0.1, -0.05) is 6.07 Å². The summed E-state index contributed by atoms with van der Waals surface area (Å²) in [5.41, 5.74) is 1.42. The molecule has 21 heavy (non-hydrogen) atoms. The minimum absolute atomic E-state index is 0.0114. The third-order valence-corrected chi connectivity index (χ3v) is 3.23. The minimum Gasteiger partial charge on any atom is -0.482 e. The van der Waals surface area contributed by atoms with Crippen molar-refractivity contribution in [3.05, 3.63) is 23.8 Å². The van der Waals surface area contributed by atoms with Gasteiger partial charge in [0.1, 0.15) is 11.8 Å². The van der Waals surface area contributed by atoms with Crippen molar-refractivity contribution in [1.29, 1.82) is 0 Å². The second-order valence-electron chi connectivity index (χ2n) is 4.79. The summed E-state index contributed by atoms with van der Waals surface area (Å²) in [4.78, 5) is 34.1. The summed E-state index contributed by atoms with van der Waals surface area (Å²) in [6.07, 6.45) is 0. The van der Waals surface area contributed by atoms with E-state index in [4.69, 9.17) is 4.74 Å². The van der Waals surface area contributed by atoms with Gasteiger partial charge >= 0.3 is 6.03 Å². The smallest absolute Gasteiger partial charge is 0.315 e. The highest BCUT2D eigenvalue weighted by atomic mass is 16.5. The summed E-state index contributed by atoms with van der Waals surface area (Å²) < 4.78 is 5.25. The Morgan fingerprint density at radius 2 is 2.24 bits per heavy atom. The van der Waals surface area contributed by atoms with E-state index in [1.165, 1.54) is 0 Å². The standard InChI is InChI=1S/C13H14N4O4/c18-11-6-21-10-2-1-7(3-8(10)16-11)4-14-12(19)9-5-15-13(20)17-9/h1-3,9H,4-6H2,(H,14,19)(H,16,18)(H2,15,17,20). The molecule has 1 atom stereocenters. The molecule has 1 aromatic rings. The number of amides is 4. The Morgan fingerprint density at radius 1 is 1.38 bits per heavy atom. The zero-order chi connectivity index (χ0) is 14.8. The highest BCUT2D eigenvalue weighted by molar-refractivity contribution is 5.95. The Morgan fingerprint density at radius 3 is 3.00 bits per heavy atom. The summed E-state index contributed by atoms with van der Waals surface area (Å²) in [7, 11) is 0. The maximum atomic E-state index is 11.8. The number of benzene rings is 1. The van der Waals surface area contributed by atoms with E-state index in [9.17, 15) is 14.4 Å². The van der Waals surface area contributed by atoms with Crippen LogP contribution in [0, 0.1) is 0 Å². The lowest BCUT2D eigenvalue weighted by molar-refractivity contribution is -0.122. The van der Waals surface area contributed by atoms with Gasteiger partial charge in [0.05, 0.1) is 5.69 Å². The van der Waals surface area contributed by atoms with Gasteiger partial charge < -0.3 is 26.0 Å². The van der Waals surface area contributed by atoms with Crippen molar-refractivity contribution in [3.8, 4) is 5.75 Å². The molecule has 4 amide bonds. The first-order valence-electron chi connectivity index (χ1n) is 6.49. The zero-order valence-corrected chi connectivity index (χ0v) is 11.1. The van der Waals surface area contributed by atoms with Gasteiger partial charge in [0.2, 0.25) is 5.91 Å². The van der Waals surface area contributed by atoms with Crippen molar-refractivity contribution < 1.29 is 19.1 Å². The molecule has 0 aliphatic carbocycles. The predicted octanol–water partition coefficient (Wildman–Crippen LogP) is -0.685. The van der Waals surface area contributed by atoms with E-state index in [0.717, 1.165) is 5.56 Å². The average Bonchev–Trinajstić information content (AvgIpc) is 2.91. The van der Waals surface area contributed by atoms with Gasteiger partial charge in [-0.25, -0.2) is 4.79 Å². The fourth-order valence-corrected chi connectivity index (χ4v) is 2.17. The van der Waals surface area contributed by atoms with Crippen LogP contribution in [0.3, 0.4) is 0 Å². The molecule has 1 aromatic carbocycles. The summed E-state index contributed by atoms with van der Waals surface area (Å²) in [5, 5.41) is 10.5. The molecule has 0 bridgehead atoms. The first-order valence-corrected chi connectivity index (χ1v) is 6.49. The van der Waals surface area contributed by atoms with Crippen LogP contribution in [-0.4, -0.2) is 37.0 Å². The number of hydrogen-bond donors (Lipinski definition) is 4. The third-order valence-electron chi connectivity index (χ3n) is 3.23. The van der Waals surface area contributed by atoms with E-state index >= 15 is 0 Å². The second-order valence-corrected chi connectivity index (χ2v) is 4.79. The van der Waals surface area contributed by atoms with E-state index in [1.807, 2.05) is 6.07 Å². The van der Waals surface area contributed by atoms with Crippen molar-refractivity contribution >= 4 is 23.5 Å². The van der Waals surface area contributed by atoms with E-state index in [0.29, 0.717) is 18.0 Å². The highest BCUT2D eigenvalue weighted by Crippen LogP contribution is 2.28. The lowest BCUT2D eigenvalue weighted by Crippen LogP contribution is -2.42. The van der Waals surface area contributed by atoms with Crippen LogP contribution >= 0.6 is 0 Å².